The average Bonchev–Trinajstić information content (AvgIpc) is 3.25. The summed E-state index contributed by atoms with van der Waals surface area (Å²) in [5, 5.41) is 3.91. The number of fused-ring (bicyclic) bond motifs is 6. The molecule has 3 aliphatic rings. The van der Waals surface area contributed by atoms with E-state index in [0.717, 1.165) is 39.4 Å². The quantitative estimate of drug-likeness (QED) is 0.504. The summed E-state index contributed by atoms with van der Waals surface area (Å²) in [6.45, 7) is 1.76. The van der Waals surface area contributed by atoms with Crippen molar-refractivity contribution < 1.29 is 18.0 Å². The lowest BCUT2D eigenvalue weighted by atomic mass is 9.96. The molecule has 0 spiro atoms. The van der Waals surface area contributed by atoms with E-state index in [1.54, 1.807) is 11.8 Å². The van der Waals surface area contributed by atoms with Crippen LogP contribution in [-0.4, -0.2) is 84.5 Å². The van der Waals surface area contributed by atoms with Gasteiger partial charge in [0.05, 0.1) is 22.7 Å². The Kier molecular flexibility index (Phi) is 6.61. The smallest absolute Gasteiger partial charge is 0.257 e. The number of nitrogens with zero attached hydrogens (tertiary/aromatic N) is 4. The molecule has 1 atom stereocenters. The second-order valence-electron chi connectivity index (χ2n) is 9.89. The van der Waals surface area contributed by atoms with Crippen LogP contribution in [0.3, 0.4) is 0 Å². The Morgan fingerprint density at radius 3 is 2.61 bits per heavy atom. The number of rotatable bonds is 6. The molecule has 1 unspecified atom stereocenters. The van der Waals surface area contributed by atoms with Crippen LogP contribution < -0.4 is 10.2 Å². The lowest BCUT2D eigenvalue weighted by molar-refractivity contribution is -0.121. The van der Waals surface area contributed by atoms with Crippen LogP contribution >= 0.6 is 11.8 Å². The first-order chi connectivity index (χ1) is 18.4. The van der Waals surface area contributed by atoms with E-state index in [2.05, 4.69) is 16.3 Å². The van der Waals surface area contributed by atoms with E-state index in [9.17, 15) is 18.0 Å². The first-order valence-corrected chi connectivity index (χ1v) is 15.7. The van der Waals surface area contributed by atoms with Gasteiger partial charge in [0, 0.05) is 55.6 Å². The van der Waals surface area contributed by atoms with Gasteiger partial charge in [-0.3, -0.25) is 9.59 Å². The molecule has 1 N–H and O–H groups in total. The van der Waals surface area contributed by atoms with Crippen LogP contribution in [0.1, 0.15) is 27.8 Å². The van der Waals surface area contributed by atoms with Crippen molar-refractivity contribution in [2.24, 2.45) is 0 Å². The lowest BCUT2D eigenvalue weighted by Gasteiger charge is -2.46. The first kappa shape index (κ1) is 25.3. The first-order valence-electron chi connectivity index (χ1n) is 12.9. The summed E-state index contributed by atoms with van der Waals surface area (Å²) in [6.07, 6.45) is 0.369. The van der Waals surface area contributed by atoms with E-state index in [1.807, 2.05) is 59.0 Å². The summed E-state index contributed by atoms with van der Waals surface area (Å²) in [7, 11) is -1.41. The topological polar surface area (TPSA) is 95.0 Å². The molecule has 0 saturated carbocycles. The average molecular weight is 554 g/mol. The fourth-order valence-electron chi connectivity index (χ4n) is 5.95. The van der Waals surface area contributed by atoms with Gasteiger partial charge < -0.3 is 19.7 Å². The van der Waals surface area contributed by atoms with Crippen molar-refractivity contribution in [2.45, 2.75) is 19.1 Å². The van der Waals surface area contributed by atoms with Crippen LogP contribution in [0.5, 0.6) is 0 Å². The molecule has 0 radical (unpaired) electrons. The number of hydrogen-bond acceptors (Lipinski definition) is 6. The van der Waals surface area contributed by atoms with Crippen molar-refractivity contribution in [2.75, 3.05) is 55.4 Å². The minimum atomic E-state index is -3.40. The van der Waals surface area contributed by atoms with Crippen LogP contribution in [0.15, 0.2) is 48.5 Å². The van der Waals surface area contributed by atoms with Crippen molar-refractivity contribution in [1.29, 1.82) is 0 Å². The van der Waals surface area contributed by atoms with E-state index in [0.29, 0.717) is 31.6 Å². The number of benzene rings is 2. The highest BCUT2D eigenvalue weighted by molar-refractivity contribution is 7.99. The molecule has 9 nitrogen and oxygen atoms in total. The maximum Gasteiger partial charge on any atom is 0.257 e. The molecule has 2 amide bonds. The van der Waals surface area contributed by atoms with Gasteiger partial charge in [-0.05, 0) is 30.2 Å². The second-order valence-corrected chi connectivity index (χ2v) is 13.2. The predicted octanol–water partition coefficient (Wildman–Crippen LogP) is 2.28. The van der Waals surface area contributed by atoms with Crippen LogP contribution in [0.2, 0.25) is 0 Å². The minimum absolute atomic E-state index is 0.00285. The van der Waals surface area contributed by atoms with Gasteiger partial charge in [0.2, 0.25) is 15.9 Å². The maximum absolute atomic E-state index is 13.5. The summed E-state index contributed by atoms with van der Waals surface area (Å²) < 4.78 is 28.9. The summed E-state index contributed by atoms with van der Waals surface area (Å²) >= 11 is 1.76. The molecular formula is C27H31N5O4S2. The van der Waals surface area contributed by atoms with E-state index < -0.39 is 10.0 Å². The van der Waals surface area contributed by atoms with Gasteiger partial charge in [-0.1, -0.05) is 30.3 Å². The third-order valence-corrected chi connectivity index (χ3v) is 10.6. The number of amides is 2. The van der Waals surface area contributed by atoms with Gasteiger partial charge in [0.15, 0.2) is 0 Å². The summed E-state index contributed by atoms with van der Waals surface area (Å²) in [6, 6.07) is 15.7. The Bertz CT molecular complexity index is 1510. The zero-order chi connectivity index (χ0) is 26.4. The highest BCUT2D eigenvalue weighted by atomic mass is 32.2. The summed E-state index contributed by atoms with van der Waals surface area (Å²) in [5.74, 6) is 1.24. The maximum atomic E-state index is 13.5. The van der Waals surface area contributed by atoms with Gasteiger partial charge in [-0.2, -0.15) is 11.8 Å². The molecule has 2 aromatic carbocycles. The largest absolute Gasteiger partial charge is 0.353 e. The summed E-state index contributed by atoms with van der Waals surface area (Å²) in [4.78, 5) is 30.6. The third kappa shape index (κ3) is 4.26. The minimum Gasteiger partial charge on any atom is -0.353 e. The Hall–Kier alpha value is -3.02. The third-order valence-electron chi connectivity index (χ3n) is 7.75. The van der Waals surface area contributed by atoms with Gasteiger partial charge in [-0.15, -0.1) is 0 Å². The Labute approximate surface area is 226 Å². The van der Waals surface area contributed by atoms with Crippen molar-refractivity contribution in [3.05, 3.63) is 65.4 Å². The lowest BCUT2D eigenvalue weighted by Crippen LogP contribution is -2.51. The Morgan fingerprint density at radius 1 is 1.05 bits per heavy atom. The monoisotopic (exact) mass is 553 g/mol. The molecule has 3 aliphatic heterocycles. The number of carbonyl (C=O) groups excluding carboxylic acids is 2. The SMILES string of the molecule is CN1c2ccccc2C(=O)N2CCc3c(n(CC(=O)NCCS(=O)(=O)N4CCSCC4)c4ccccc34)C21. The van der Waals surface area contributed by atoms with Gasteiger partial charge in [0.1, 0.15) is 12.7 Å². The van der Waals surface area contributed by atoms with Crippen molar-refractivity contribution in [3.8, 4) is 0 Å². The number of hydrogen-bond donors (Lipinski definition) is 1. The van der Waals surface area contributed by atoms with Gasteiger partial charge in [-0.25, -0.2) is 12.7 Å². The van der Waals surface area contributed by atoms with Crippen molar-refractivity contribution in [1.82, 2.24) is 19.1 Å². The molecule has 0 aliphatic carbocycles. The van der Waals surface area contributed by atoms with E-state index in [-0.39, 0.29) is 36.8 Å². The molecule has 200 valence electrons. The molecule has 38 heavy (non-hydrogen) atoms. The summed E-state index contributed by atoms with van der Waals surface area (Å²) in [5.41, 5.74) is 4.58. The van der Waals surface area contributed by atoms with Crippen molar-refractivity contribution >= 4 is 50.2 Å². The Morgan fingerprint density at radius 2 is 1.79 bits per heavy atom. The Balaban J connectivity index is 1.28. The molecular weight excluding hydrogens is 522 g/mol. The number of anilines is 1. The normalized spacial score (nSPS) is 19.7. The predicted molar refractivity (Wildman–Crippen MR) is 150 cm³/mol. The van der Waals surface area contributed by atoms with Gasteiger partial charge in [0.25, 0.3) is 5.91 Å². The van der Waals surface area contributed by atoms with E-state index >= 15 is 0 Å². The van der Waals surface area contributed by atoms with E-state index in [4.69, 9.17) is 0 Å². The fraction of sp³-hybridized carbons (Fsp3) is 0.407. The highest BCUT2D eigenvalue weighted by Crippen LogP contribution is 2.44. The molecule has 11 heteroatoms. The molecule has 1 saturated heterocycles. The van der Waals surface area contributed by atoms with Crippen LogP contribution in [0.4, 0.5) is 5.69 Å². The fourth-order valence-corrected chi connectivity index (χ4v) is 8.44. The molecule has 4 heterocycles. The number of carbonyl (C=O) groups is 2. The molecule has 3 aromatic rings. The standard InChI is InChI=1S/C27H31N5O4S2/c1-29-22-8-4-3-7-21(22)27(34)31-12-10-20-19-6-2-5-9-23(19)32(25(20)26(29)31)18-24(33)28-11-17-38(35,36)30-13-15-37-16-14-30/h2-9,26H,10-18H2,1H3,(H,28,33). The van der Waals surface area contributed by atoms with Gasteiger partial charge >= 0.3 is 0 Å². The molecule has 1 aromatic heterocycles. The zero-order valence-corrected chi connectivity index (χ0v) is 22.9. The second kappa shape index (κ2) is 9.94. The molecule has 6 rings (SSSR count). The van der Waals surface area contributed by atoms with E-state index in [1.165, 1.54) is 4.31 Å². The van der Waals surface area contributed by atoms with Crippen LogP contribution in [0, 0.1) is 0 Å². The van der Waals surface area contributed by atoms with Crippen LogP contribution in [-0.2, 0) is 27.8 Å². The number of thioether (sulfide) groups is 1. The zero-order valence-electron chi connectivity index (χ0n) is 21.3. The van der Waals surface area contributed by atoms with Crippen LogP contribution in [0.25, 0.3) is 10.9 Å². The molecule has 1 fully saturated rings. The number of nitrogens with one attached hydrogen (secondary N) is 1. The molecule has 0 bridgehead atoms. The number of aromatic nitrogens is 1. The van der Waals surface area contributed by atoms with Crippen molar-refractivity contribution in [3.63, 3.8) is 0 Å². The number of sulfonamides is 1. The highest BCUT2D eigenvalue weighted by Gasteiger charge is 2.42. The number of para-hydroxylation sites is 2.